The number of rotatable bonds is 2. The van der Waals surface area contributed by atoms with Crippen molar-refractivity contribution in [2.45, 2.75) is 24.9 Å². The fourth-order valence-corrected chi connectivity index (χ4v) is 4.32. The monoisotopic (exact) mass is 311 g/mol. The highest BCUT2D eigenvalue weighted by Crippen LogP contribution is 2.45. The summed E-state index contributed by atoms with van der Waals surface area (Å²) in [4.78, 5) is 0. The number of methoxy groups -OCH3 is 1. The molecule has 1 fully saturated rings. The van der Waals surface area contributed by atoms with E-state index in [1.807, 2.05) is 12.1 Å². The maximum absolute atomic E-state index is 11.7. The average molecular weight is 311 g/mol. The van der Waals surface area contributed by atoms with Gasteiger partial charge in [-0.15, -0.1) is 0 Å². The first kappa shape index (κ1) is 14.8. The summed E-state index contributed by atoms with van der Waals surface area (Å²) in [5, 5.41) is 0. The van der Waals surface area contributed by atoms with Crippen molar-refractivity contribution in [1.82, 2.24) is 4.31 Å². The maximum Gasteiger partial charge on any atom is 0.211 e. The lowest BCUT2D eigenvalue weighted by Gasteiger charge is -2.44. The zero-order valence-electron chi connectivity index (χ0n) is 12.5. The molecule has 0 atom stereocenters. The number of nitrogens with zero attached hydrogens (tertiary/aromatic N) is 1. The number of hydrogen-bond donors (Lipinski definition) is 0. The Morgan fingerprint density at radius 3 is 2.62 bits per heavy atom. The highest BCUT2D eigenvalue weighted by Gasteiger charge is 2.44. The fourth-order valence-electron chi connectivity index (χ4n) is 3.47. The molecule has 0 amide bonds. The minimum atomic E-state index is -3.13. The van der Waals surface area contributed by atoms with Crippen LogP contribution >= 0.6 is 0 Å². The number of piperidine rings is 1. The van der Waals surface area contributed by atoms with Gasteiger partial charge in [0.15, 0.2) is 0 Å². The molecule has 2 heterocycles. The molecule has 116 valence electrons. The van der Waals surface area contributed by atoms with Gasteiger partial charge in [-0.1, -0.05) is 12.1 Å². The third kappa shape index (κ3) is 2.56. The molecule has 21 heavy (non-hydrogen) atoms. The van der Waals surface area contributed by atoms with Gasteiger partial charge in [-0.25, -0.2) is 12.7 Å². The molecule has 1 saturated heterocycles. The van der Waals surface area contributed by atoms with E-state index in [-0.39, 0.29) is 0 Å². The molecule has 0 unspecified atom stereocenters. The van der Waals surface area contributed by atoms with Crippen molar-refractivity contribution in [2.24, 2.45) is 0 Å². The van der Waals surface area contributed by atoms with Gasteiger partial charge >= 0.3 is 0 Å². The number of sulfonamides is 1. The summed E-state index contributed by atoms with van der Waals surface area (Å²) in [5.74, 6) is 0.847. The second kappa shape index (κ2) is 5.26. The van der Waals surface area contributed by atoms with Gasteiger partial charge in [-0.05, 0) is 30.9 Å². The summed E-state index contributed by atoms with van der Waals surface area (Å²) in [6.45, 7) is 1.67. The van der Waals surface area contributed by atoms with Gasteiger partial charge in [0.2, 0.25) is 10.0 Å². The van der Waals surface area contributed by atoms with Gasteiger partial charge < -0.3 is 9.47 Å². The van der Waals surface area contributed by atoms with Crippen LogP contribution in [0.25, 0.3) is 0 Å². The lowest BCUT2D eigenvalue weighted by molar-refractivity contribution is -0.0903. The van der Waals surface area contributed by atoms with Crippen LogP contribution in [0.1, 0.15) is 24.0 Å². The fraction of sp³-hybridized carbons (Fsp3) is 0.600. The van der Waals surface area contributed by atoms with E-state index in [2.05, 4.69) is 6.07 Å². The van der Waals surface area contributed by atoms with Crippen LogP contribution in [-0.2, 0) is 26.8 Å². The molecule has 2 aliphatic heterocycles. The van der Waals surface area contributed by atoms with E-state index in [4.69, 9.17) is 9.47 Å². The van der Waals surface area contributed by atoms with Gasteiger partial charge in [0.05, 0.1) is 25.6 Å². The van der Waals surface area contributed by atoms with Crippen molar-refractivity contribution in [3.63, 3.8) is 0 Å². The van der Waals surface area contributed by atoms with Gasteiger partial charge in [0.1, 0.15) is 5.75 Å². The Bertz CT molecular complexity index is 619. The molecule has 1 aromatic carbocycles. The van der Waals surface area contributed by atoms with Crippen LogP contribution in [0.3, 0.4) is 0 Å². The second-order valence-electron chi connectivity index (χ2n) is 5.75. The van der Waals surface area contributed by atoms with Crippen LogP contribution in [0.4, 0.5) is 0 Å². The largest absolute Gasteiger partial charge is 0.496 e. The van der Waals surface area contributed by atoms with E-state index in [1.165, 1.54) is 16.1 Å². The summed E-state index contributed by atoms with van der Waals surface area (Å²) in [6.07, 6.45) is 3.49. The lowest BCUT2D eigenvalue weighted by atomic mass is 9.79. The van der Waals surface area contributed by atoms with E-state index < -0.39 is 15.6 Å². The van der Waals surface area contributed by atoms with Crippen molar-refractivity contribution >= 4 is 10.0 Å². The van der Waals surface area contributed by atoms with Crippen LogP contribution in [0.5, 0.6) is 5.75 Å². The Morgan fingerprint density at radius 1 is 1.29 bits per heavy atom. The van der Waals surface area contributed by atoms with Crippen LogP contribution in [-0.4, -0.2) is 45.8 Å². The third-order valence-corrected chi connectivity index (χ3v) is 5.84. The Labute approximate surface area is 125 Å². The summed E-state index contributed by atoms with van der Waals surface area (Å²) in [5.41, 5.74) is 1.97. The number of benzene rings is 1. The number of ether oxygens (including phenoxy) is 2. The molecular formula is C15H21NO4S. The molecule has 3 rings (SSSR count). The number of fused-ring (bicyclic) bond motifs is 2. The summed E-state index contributed by atoms with van der Waals surface area (Å²) >= 11 is 0. The highest BCUT2D eigenvalue weighted by molar-refractivity contribution is 7.88. The standard InChI is InChI=1S/C15H21NO4S/c1-19-13-5-3-4-12-6-11-20-15(14(12)13)7-9-16(10-8-15)21(2,17)18/h3-5H,6-11H2,1-2H3. The second-order valence-corrected chi connectivity index (χ2v) is 7.73. The first-order chi connectivity index (χ1) is 9.96. The van der Waals surface area contributed by atoms with Crippen molar-refractivity contribution in [2.75, 3.05) is 33.1 Å². The minimum absolute atomic E-state index is 0.401. The van der Waals surface area contributed by atoms with Crippen LogP contribution in [0.2, 0.25) is 0 Å². The van der Waals surface area contributed by atoms with Crippen molar-refractivity contribution in [3.8, 4) is 5.75 Å². The molecule has 1 spiro atoms. The van der Waals surface area contributed by atoms with Gasteiger partial charge in [0, 0.05) is 18.7 Å². The highest BCUT2D eigenvalue weighted by atomic mass is 32.2. The van der Waals surface area contributed by atoms with Gasteiger partial charge in [0.25, 0.3) is 0 Å². The summed E-state index contributed by atoms with van der Waals surface area (Å²) in [6, 6.07) is 6.07. The van der Waals surface area contributed by atoms with Crippen molar-refractivity contribution < 1.29 is 17.9 Å². The minimum Gasteiger partial charge on any atom is -0.496 e. The van der Waals surface area contributed by atoms with E-state index in [0.29, 0.717) is 32.5 Å². The van der Waals surface area contributed by atoms with E-state index >= 15 is 0 Å². The van der Waals surface area contributed by atoms with E-state index in [9.17, 15) is 8.42 Å². The predicted molar refractivity (Wildman–Crippen MR) is 80.0 cm³/mol. The Balaban J connectivity index is 1.96. The molecular weight excluding hydrogens is 290 g/mol. The Kier molecular flexibility index (Phi) is 3.71. The van der Waals surface area contributed by atoms with Crippen LogP contribution < -0.4 is 4.74 Å². The normalized spacial score (nSPS) is 22.0. The molecule has 0 bridgehead atoms. The first-order valence-corrected chi connectivity index (χ1v) is 9.06. The van der Waals surface area contributed by atoms with E-state index in [1.54, 1.807) is 7.11 Å². The first-order valence-electron chi connectivity index (χ1n) is 7.22. The zero-order chi connectivity index (χ0) is 15.1. The average Bonchev–Trinajstić information content (AvgIpc) is 2.46. The maximum atomic E-state index is 11.7. The van der Waals surface area contributed by atoms with Gasteiger partial charge in [-0.2, -0.15) is 0 Å². The van der Waals surface area contributed by atoms with Crippen molar-refractivity contribution in [1.29, 1.82) is 0 Å². The summed E-state index contributed by atoms with van der Waals surface area (Å²) < 4.78 is 36.6. The predicted octanol–water partition coefficient (Wildman–Crippen LogP) is 1.52. The molecule has 2 aliphatic rings. The van der Waals surface area contributed by atoms with Crippen molar-refractivity contribution in [3.05, 3.63) is 29.3 Å². The smallest absolute Gasteiger partial charge is 0.211 e. The molecule has 0 N–H and O–H groups in total. The zero-order valence-corrected chi connectivity index (χ0v) is 13.3. The third-order valence-electron chi connectivity index (χ3n) is 4.54. The molecule has 0 radical (unpaired) electrons. The molecule has 0 aromatic heterocycles. The van der Waals surface area contributed by atoms with Crippen LogP contribution in [0, 0.1) is 0 Å². The molecule has 0 aliphatic carbocycles. The SMILES string of the molecule is COc1cccc2c1C1(CCN(S(C)(=O)=O)CC1)OCC2. The topological polar surface area (TPSA) is 55.8 Å². The molecule has 0 saturated carbocycles. The molecule has 1 aromatic rings. The van der Waals surface area contributed by atoms with Gasteiger partial charge in [-0.3, -0.25) is 0 Å². The summed E-state index contributed by atoms with van der Waals surface area (Å²) in [7, 11) is -1.46. The molecule has 6 heteroatoms. The lowest BCUT2D eigenvalue weighted by Crippen LogP contribution is -2.48. The van der Waals surface area contributed by atoms with Crippen LogP contribution in [0.15, 0.2) is 18.2 Å². The van der Waals surface area contributed by atoms with E-state index in [0.717, 1.165) is 17.7 Å². The quantitative estimate of drug-likeness (QED) is 0.831. The number of hydrogen-bond acceptors (Lipinski definition) is 4. The Hall–Kier alpha value is -1.11. The molecule has 5 nitrogen and oxygen atoms in total. The Morgan fingerprint density at radius 2 is 2.00 bits per heavy atom.